The molecule has 0 atom stereocenters. The molecule has 1 N–H and O–H groups in total. The van der Waals surface area contributed by atoms with E-state index in [1.165, 1.54) is 6.07 Å². The van der Waals surface area contributed by atoms with Crippen LogP contribution in [-0.4, -0.2) is 12.3 Å². The van der Waals surface area contributed by atoms with E-state index in [4.69, 9.17) is 0 Å². The van der Waals surface area contributed by atoms with E-state index in [-0.39, 0.29) is 0 Å². The van der Waals surface area contributed by atoms with Crippen LogP contribution in [0.25, 0.3) is 0 Å². The van der Waals surface area contributed by atoms with Crippen molar-refractivity contribution in [3.8, 4) is 0 Å². The highest BCUT2D eigenvalue weighted by Crippen LogP contribution is 2.26. The number of amides is 1. The normalized spacial score (nSPS) is 10.4. The first kappa shape index (κ1) is 11.6. The largest absolute Gasteiger partial charge is 0.320 e. The van der Waals surface area contributed by atoms with E-state index in [0.717, 1.165) is 0 Å². The van der Waals surface area contributed by atoms with Crippen LogP contribution in [0.15, 0.2) is 27.1 Å². The van der Waals surface area contributed by atoms with Crippen LogP contribution in [0.5, 0.6) is 0 Å². The number of alkyl halides is 2. The van der Waals surface area contributed by atoms with Gasteiger partial charge in [-0.25, -0.2) is 0 Å². The smallest absolute Gasteiger partial charge is 0.315 e. The molecular formula is C8H5Br2F2NO. The lowest BCUT2D eigenvalue weighted by molar-refractivity contribution is -0.126. The number of benzene rings is 1. The SMILES string of the molecule is O=C(Nc1cc(Br)ccc1Br)C(F)F. The zero-order valence-corrected chi connectivity index (χ0v) is 9.90. The maximum absolute atomic E-state index is 11.9. The summed E-state index contributed by atoms with van der Waals surface area (Å²) in [6.07, 6.45) is -3.01. The molecule has 0 aliphatic rings. The van der Waals surface area contributed by atoms with Gasteiger partial charge in [-0.2, -0.15) is 8.78 Å². The Bertz CT molecular complexity index is 357. The topological polar surface area (TPSA) is 29.1 Å². The molecule has 0 fully saturated rings. The van der Waals surface area contributed by atoms with Crippen molar-refractivity contribution >= 4 is 43.5 Å². The van der Waals surface area contributed by atoms with Gasteiger partial charge in [0.15, 0.2) is 0 Å². The van der Waals surface area contributed by atoms with Gasteiger partial charge in [0.25, 0.3) is 5.91 Å². The number of anilines is 1. The second-order valence-electron chi connectivity index (χ2n) is 2.41. The average molecular weight is 329 g/mol. The van der Waals surface area contributed by atoms with E-state index in [0.29, 0.717) is 14.6 Å². The first-order valence-corrected chi connectivity index (χ1v) is 5.13. The number of hydrogen-bond acceptors (Lipinski definition) is 1. The Morgan fingerprint density at radius 1 is 1.36 bits per heavy atom. The van der Waals surface area contributed by atoms with E-state index in [1.807, 2.05) is 0 Å². The summed E-state index contributed by atoms with van der Waals surface area (Å²) in [5.74, 6) is -1.32. The Morgan fingerprint density at radius 3 is 2.57 bits per heavy atom. The van der Waals surface area contributed by atoms with Crippen molar-refractivity contribution < 1.29 is 13.6 Å². The molecule has 0 spiro atoms. The number of nitrogens with one attached hydrogen (secondary N) is 1. The van der Waals surface area contributed by atoms with Gasteiger partial charge in [0.05, 0.1) is 5.69 Å². The van der Waals surface area contributed by atoms with Crippen molar-refractivity contribution in [3.05, 3.63) is 27.1 Å². The van der Waals surface area contributed by atoms with Gasteiger partial charge >= 0.3 is 6.43 Å². The third-order valence-corrected chi connectivity index (χ3v) is 2.57. The Labute approximate surface area is 95.9 Å². The summed E-state index contributed by atoms with van der Waals surface area (Å²) in [6, 6.07) is 4.90. The lowest BCUT2D eigenvalue weighted by Crippen LogP contribution is -2.20. The third kappa shape index (κ3) is 3.02. The maximum Gasteiger partial charge on any atom is 0.315 e. The number of carbonyl (C=O) groups is 1. The third-order valence-electron chi connectivity index (χ3n) is 1.38. The number of rotatable bonds is 2. The van der Waals surface area contributed by atoms with Crippen LogP contribution in [0.1, 0.15) is 0 Å². The molecular weight excluding hydrogens is 324 g/mol. The fraction of sp³-hybridized carbons (Fsp3) is 0.125. The van der Waals surface area contributed by atoms with Gasteiger partial charge in [0.2, 0.25) is 0 Å². The van der Waals surface area contributed by atoms with Crippen molar-refractivity contribution in [3.63, 3.8) is 0 Å². The number of carbonyl (C=O) groups excluding carboxylic acids is 1. The minimum Gasteiger partial charge on any atom is -0.320 e. The van der Waals surface area contributed by atoms with Gasteiger partial charge in [0.1, 0.15) is 0 Å². The van der Waals surface area contributed by atoms with Crippen molar-refractivity contribution in [2.45, 2.75) is 6.43 Å². The first-order chi connectivity index (χ1) is 6.50. The standard InChI is InChI=1S/C8H5Br2F2NO/c9-4-1-2-5(10)6(3-4)13-8(14)7(11)12/h1-3,7H,(H,13,14). The fourth-order valence-corrected chi connectivity index (χ4v) is 1.49. The van der Waals surface area contributed by atoms with Crippen LogP contribution in [0.2, 0.25) is 0 Å². The summed E-state index contributed by atoms with van der Waals surface area (Å²) in [4.78, 5) is 10.7. The van der Waals surface area contributed by atoms with Crippen LogP contribution in [0.4, 0.5) is 14.5 Å². The molecule has 1 rings (SSSR count). The second kappa shape index (κ2) is 4.84. The molecule has 0 saturated carbocycles. The van der Waals surface area contributed by atoms with Gasteiger partial charge in [-0.3, -0.25) is 4.79 Å². The average Bonchev–Trinajstić information content (AvgIpc) is 2.11. The molecule has 1 aromatic carbocycles. The highest BCUT2D eigenvalue weighted by Gasteiger charge is 2.16. The lowest BCUT2D eigenvalue weighted by atomic mass is 10.3. The molecule has 0 aliphatic heterocycles. The summed E-state index contributed by atoms with van der Waals surface area (Å²) in [6.45, 7) is 0. The summed E-state index contributed by atoms with van der Waals surface area (Å²) in [5.41, 5.74) is 0.310. The van der Waals surface area contributed by atoms with Gasteiger partial charge in [-0.05, 0) is 34.1 Å². The molecule has 1 amide bonds. The van der Waals surface area contributed by atoms with Crippen molar-refractivity contribution in [1.29, 1.82) is 0 Å². The molecule has 0 bridgehead atoms. The monoisotopic (exact) mass is 327 g/mol. The molecule has 0 saturated heterocycles. The summed E-state index contributed by atoms with van der Waals surface area (Å²) in [5, 5.41) is 2.08. The van der Waals surface area contributed by atoms with Crippen LogP contribution in [-0.2, 0) is 4.79 Å². The predicted octanol–water partition coefficient (Wildman–Crippen LogP) is 3.42. The van der Waals surface area contributed by atoms with Crippen molar-refractivity contribution in [2.75, 3.05) is 5.32 Å². The van der Waals surface area contributed by atoms with Gasteiger partial charge < -0.3 is 5.32 Å². The summed E-state index contributed by atoms with van der Waals surface area (Å²) < 4.78 is 25.1. The minimum absolute atomic E-state index is 0.310. The molecule has 0 aromatic heterocycles. The summed E-state index contributed by atoms with van der Waals surface area (Å²) >= 11 is 6.29. The molecule has 0 heterocycles. The highest BCUT2D eigenvalue weighted by atomic mass is 79.9. The van der Waals surface area contributed by atoms with E-state index in [9.17, 15) is 13.6 Å². The molecule has 0 radical (unpaired) electrons. The Morgan fingerprint density at radius 2 is 2.00 bits per heavy atom. The maximum atomic E-state index is 11.9. The predicted molar refractivity (Wildman–Crippen MR) is 56.5 cm³/mol. The molecule has 1 aromatic rings. The number of halogens is 4. The molecule has 14 heavy (non-hydrogen) atoms. The molecule has 0 unspecified atom stereocenters. The molecule has 6 heteroatoms. The fourth-order valence-electron chi connectivity index (χ4n) is 0.781. The highest BCUT2D eigenvalue weighted by molar-refractivity contribution is 9.11. The van der Waals surface area contributed by atoms with Gasteiger partial charge in [-0.15, -0.1) is 0 Å². The van der Waals surface area contributed by atoms with Crippen LogP contribution < -0.4 is 5.32 Å². The quantitative estimate of drug-likeness (QED) is 0.885. The van der Waals surface area contributed by atoms with Crippen molar-refractivity contribution in [1.82, 2.24) is 0 Å². The first-order valence-electron chi connectivity index (χ1n) is 3.55. The van der Waals surface area contributed by atoms with E-state index in [1.54, 1.807) is 12.1 Å². The zero-order chi connectivity index (χ0) is 10.7. The molecule has 0 aliphatic carbocycles. The van der Waals surface area contributed by atoms with Crippen LogP contribution >= 0.6 is 31.9 Å². The zero-order valence-electron chi connectivity index (χ0n) is 6.73. The van der Waals surface area contributed by atoms with Crippen LogP contribution in [0.3, 0.4) is 0 Å². The Balaban J connectivity index is 2.86. The van der Waals surface area contributed by atoms with Crippen LogP contribution in [0, 0.1) is 0 Å². The van der Waals surface area contributed by atoms with Crippen molar-refractivity contribution in [2.24, 2.45) is 0 Å². The Kier molecular flexibility index (Phi) is 4.00. The van der Waals surface area contributed by atoms with E-state index in [2.05, 4.69) is 37.2 Å². The summed E-state index contributed by atoms with van der Waals surface area (Å²) in [7, 11) is 0. The molecule has 2 nitrogen and oxygen atoms in total. The number of hydrogen-bond donors (Lipinski definition) is 1. The minimum atomic E-state index is -3.01. The second-order valence-corrected chi connectivity index (χ2v) is 4.18. The van der Waals surface area contributed by atoms with E-state index < -0.39 is 12.3 Å². The van der Waals surface area contributed by atoms with E-state index >= 15 is 0 Å². The lowest BCUT2D eigenvalue weighted by Gasteiger charge is -2.06. The molecule has 76 valence electrons. The van der Waals surface area contributed by atoms with Gasteiger partial charge in [-0.1, -0.05) is 15.9 Å². The van der Waals surface area contributed by atoms with Gasteiger partial charge in [0, 0.05) is 8.95 Å². The Hall–Kier alpha value is -0.490.